The van der Waals surface area contributed by atoms with E-state index in [1.54, 1.807) is 4.90 Å². The number of carbonyl (C=O) groups is 2. The average Bonchev–Trinajstić information content (AvgIpc) is 2.93. The van der Waals surface area contributed by atoms with Gasteiger partial charge in [0.25, 0.3) is 5.91 Å². The van der Waals surface area contributed by atoms with E-state index in [0.29, 0.717) is 0 Å². The number of rotatable bonds is 5. The molecule has 1 aromatic heterocycles. The first kappa shape index (κ1) is 10.6. The van der Waals surface area contributed by atoms with Crippen LogP contribution in [0.1, 0.15) is 29.8 Å². The van der Waals surface area contributed by atoms with E-state index >= 15 is 0 Å². The summed E-state index contributed by atoms with van der Waals surface area (Å²) in [7, 11) is 0. The smallest absolute Gasteiger partial charge is 0.305 e. The van der Waals surface area contributed by atoms with Gasteiger partial charge in [-0.3, -0.25) is 9.59 Å². The molecule has 0 bridgehead atoms. The molecule has 0 saturated heterocycles. The van der Waals surface area contributed by atoms with E-state index in [1.165, 1.54) is 6.20 Å². The van der Waals surface area contributed by atoms with E-state index < -0.39 is 5.97 Å². The number of carboxylic acids is 1. The van der Waals surface area contributed by atoms with Gasteiger partial charge in [-0.05, 0) is 12.8 Å². The molecule has 1 aliphatic rings. The number of amides is 1. The van der Waals surface area contributed by atoms with Gasteiger partial charge in [0.15, 0.2) is 5.69 Å². The van der Waals surface area contributed by atoms with Crippen molar-refractivity contribution in [3.63, 3.8) is 0 Å². The number of hydrogen-bond donors (Lipinski definition) is 2. The Hall–Kier alpha value is -1.92. The number of hydrogen-bond acceptors (Lipinski definition) is 4. The van der Waals surface area contributed by atoms with Gasteiger partial charge < -0.3 is 10.0 Å². The van der Waals surface area contributed by atoms with Crippen molar-refractivity contribution in [3.05, 3.63) is 11.9 Å². The van der Waals surface area contributed by atoms with Crippen LogP contribution in [-0.4, -0.2) is 49.9 Å². The third kappa shape index (κ3) is 2.36. The topological polar surface area (TPSA) is 99.2 Å². The molecule has 1 amide bonds. The molecule has 7 heteroatoms. The molecule has 0 spiro atoms. The molecular formula is C9H12N4O3. The van der Waals surface area contributed by atoms with E-state index in [2.05, 4.69) is 15.4 Å². The standard InChI is InChI=1S/C9H12N4O3/c14-8(15)3-4-13(6-1-2-6)9(16)7-5-10-12-11-7/h5-6H,1-4H2,(H,14,15)(H,10,11,12). The van der Waals surface area contributed by atoms with E-state index in [1.807, 2.05) is 0 Å². The second kappa shape index (κ2) is 4.30. The van der Waals surface area contributed by atoms with Gasteiger partial charge in [0.1, 0.15) is 0 Å². The Balaban J connectivity index is 2.01. The normalized spacial score (nSPS) is 14.8. The molecule has 2 rings (SSSR count). The zero-order valence-electron chi connectivity index (χ0n) is 8.59. The number of carbonyl (C=O) groups excluding carboxylic acids is 1. The number of aromatic nitrogens is 3. The fourth-order valence-corrected chi connectivity index (χ4v) is 1.50. The lowest BCUT2D eigenvalue weighted by atomic mass is 10.3. The SMILES string of the molecule is O=C(O)CCN(C(=O)c1cn[nH]n1)C1CC1. The van der Waals surface area contributed by atoms with Crippen molar-refractivity contribution in [1.29, 1.82) is 0 Å². The number of aromatic amines is 1. The van der Waals surface area contributed by atoms with Gasteiger partial charge in [-0.2, -0.15) is 15.4 Å². The quantitative estimate of drug-likeness (QED) is 0.726. The Morgan fingerprint density at radius 2 is 2.31 bits per heavy atom. The van der Waals surface area contributed by atoms with Crippen molar-refractivity contribution < 1.29 is 14.7 Å². The molecule has 0 aromatic carbocycles. The number of nitrogens with zero attached hydrogens (tertiary/aromatic N) is 3. The lowest BCUT2D eigenvalue weighted by Gasteiger charge is -2.19. The van der Waals surface area contributed by atoms with Crippen LogP contribution in [0.15, 0.2) is 6.20 Å². The molecule has 1 heterocycles. The van der Waals surface area contributed by atoms with Gasteiger partial charge in [0, 0.05) is 12.6 Å². The van der Waals surface area contributed by atoms with Crippen LogP contribution in [0.2, 0.25) is 0 Å². The lowest BCUT2D eigenvalue weighted by Crippen LogP contribution is -2.35. The van der Waals surface area contributed by atoms with Gasteiger partial charge in [-0.25, -0.2) is 0 Å². The maximum Gasteiger partial charge on any atom is 0.305 e. The van der Waals surface area contributed by atoms with E-state index in [-0.39, 0.29) is 30.6 Å². The summed E-state index contributed by atoms with van der Waals surface area (Å²) >= 11 is 0. The van der Waals surface area contributed by atoms with Gasteiger partial charge in [0.2, 0.25) is 0 Å². The molecule has 2 N–H and O–H groups in total. The molecule has 7 nitrogen and oxygen atoms in total. The highest BCUT2D eigenvalue weighted by atomic mass is 16.4. The van der Waals surface area contributed by atoms with E-state index in [0.717, 1.165) is 12.8 Å². The van der Waals surface area contributed by atoms with E-state index in [4.69, 9.17) is 5.11 Å². The number of carboxylic acid groups (broad SMARTS) is 1. The Morgan fingerprint density at radius 3 is 2.81 bits per heavy atom. The second-order valence-corrected chi connectivity index (χ2v) is 3.73. The summed E-state index contributed by atoms with van der Waals surface area (Å²) in [6.45, 7) is 0.228. The molecule has 0 aliphatic heterocycles. The van der Waals surface area contributed by atoms with Gasteiger partial charge in [-0.1, -0.05) is 0 Å². The zero-order chi connectivity index (χ0) is 11.5. The molecule has 1 aromatic rings. The van der Waals surface area contributed by atoms with Crippen molar-refractivity contribution in [2.24, 2.45) is 0 Å². The first-order valence-corrected chi connectivity index (χ1v) is 5.07. The minimum absolute atomic E-state index is 0.0416. The fraction of sp³-hybridized carbons (Fsp3) is 0.556. The summed E-state index contributed by atoms with van der Waals surface area (Å²) in [5.41, 5.74) is 0.234. The van der Waals surface area contributed by atoms with Crippen molar-refractivity contribution in [1.82, 2.24) is 20.3 Å². The minimum atomic E-state index is -0.904. The maximum absolute atomic E-state index is 11.9. The third-order valence-corrected chi connectivity index (χ3v) is 2.45. The molecule has 0 radical (unpaired) electrons. The summed E-state index contributed by atoms with van der Waals surface area (Å²) in [6, 6.07) is 0.170. The van der Waals surface area contributed by atoms with Crippen LogP contribution in [0.25, 0.3) is 0 Å². The zero-order valence-corrected chi connectivity index (χ0v) is 8.59. The van der Waals surface area contributed by atoms with Crippen molar-refractivity contribution in [2.75, 3.05) is 6.54 Å². The Bertz CT molecular complexity index is 385. The van der Waals surface area contributed by atoms with Crippen LogP contribution < -0.4 is 0 Å². The fourth-order valence-electron chi connectivity index (χ4n) is 1.50. The molecule has 16 heavy (non-hydrogen) atoms. The molecule has 1 fully saturated rings. The largest absolute Gasteiger partial charge is 0.481 e. The van der Waals surface area contributed by atoms with Crippen molar-refractivity contribution in [2.45, 2.75) is 25.3 Å². The number of H-pyrrole nitrogens is 1. The van der Waals surface area contributed by atoms with Crippen LogP contribution in [0, 0.1) is 0 Å². The molecule has 1 saturated carbocycles. The Kier molecular flexibility index (Phi) is 2.84. The predicted molar refractivity (Wildman–Crippen MR) is 52.7 cm³/mol. The lowest BCUT2D eigenvalue weighted by molar-refractivity contribution is -0.137. The van der Waals surface area contributed by atoms with Gasteiger partial charge in [-0.15, -0.1) is 0 Å². The van der Waals surface area contributed by atoms with Crippen molar-refractivity contribution in [3.8, 4) is 0 Å². The van der Waals surface area contributed by atoms with Gasteiger partial charge in [0.05, 0.1) is 12.6 Å². The summed E-state index contributed by atoms with van der Waals surface area (Å²) < 4.78 is 0. The third-order valence-electron chi connectivity index (χ3n) is 2.45. The van der Waals surface area contributed by atoms with Crippen LogP contribution >= 0.6 is 0 Å². The summed E-state index contributed by atoms with van der Waals surface area (Å²) in [4.78, 5) is 24.0. The van der Waals surface area contributed by atoms with Crippen LogP contribution in [0.4, 0.5) is 0 Å². The van der Waals surface area contributed by atoms with Gasteiger partial charge >= 0.3 is 5.97 Å². The van der Waals surface area contributed by atoms with Crippen molar-refractivity contribution >= 4 is 11.9 Å². The summed E-state index contributed by atoms with van der Waals surface area (Å²) in [6.07, 6.45) is 3.17. The van der Waals surface area contributed by atoms with E-state index in [9.17, 15) is 9.59 Å². The monoisotopic (exact) mass is 224 g/mol. The molecule has 0 unspecified atom stereocenters. The second-order valence-electron chi connectivity index (χ2n) is 3.73. The highest BCUT2D eigenvalue weighted by Crippen LogP contribution is 2.27. The highest BCUT2D eigenvalue weighted by Gasteiger charge is 2.33. The Labute approximate surface area is 91.4 Å². The summed E-state index contributed by atoms with van der Waals surface area (Å²) in [5.74, 6) is -1.16. The molecule has 0 atom stereocenters. The first-order chi connectivity index (χ1) is 7.68. The maximum atomic E-state index is 11.9. The van der Waals surface area contributed by atoms with Crippen LogP contribution in [0.5, 0.6) is 0 Å². The Morgan fingerprint density at radius 1 is 1.56 bits per heavy atom. The highest BCUT2D eigenvalue weighted by molar-refractivity contribution is 5.92. The minimum Gasteiger partial charge on any atom is -0.481 e. The number of aliphatic carboxylic acids is 1. The average molecular weight is 224 g/mol. The van der Waals surface area contributed by atoms with Crippen LogP contribution in [-0.2, 0) is 4.79 Å². The van der Waals surface area contributed by atoms with Crippen LogP contribution in [0.3, 0.4) is 0 Å². The first-order valence-electron chi connectivity index (χ1n) is 5.07. The number of nitrogens with one attached hydrogen (secondary N) is 1. The predicted octanol–water partition coefficient (Wildman–Crippen LogP) is -0.116. The molecule has 86 valence electrons. The summed E-state index contributed by atoms with van der Waals surface area (Å²) in [5, 5.41) is 18.2. The molecular weight excluding hydrogens is 212 g/mol. The molecule has 1 aliphatic carbocycles.